The Morgan fingerprint density at radius 2 is 2.13 bits per heavy atom. The molecule has 1 rings (SSSR count). The summed E-state index contributed by atoms with van der Waals surface area (Å²) in [5.41, 5.74) is 0.972. The van der Waals surface area contributed by atoms with Gasteiger partial charge in [0.25, 0.3) is 5.91 Å². The van der Waals surface area contributed by atoms with E-state index in [1.807, 2.05) is 0 Å². The molecule has 0 radical (unpaired) electrons. The van der Waals surface area contributed by atoms with Gasteiger partial charge in [-0.05, 0) is 13.3 Å². The zero-order valence-corrected chi connectivity index (χ0v) is 8.14. The molecule has 86 valence electrons. The molecule has 0 aromatic carbocycles. The largest absolute Gasteiger partial charge is 0.383 e. The van der Waals surface area contributed by atoms with Gasteiger partial charge in [-0.25, -0.2) is 8.78 Å². The molecule has 0 fully saturated rings. The Hall–Kier alpha value is -1.07. The van der Waals surface area contributed by atoms with Gasteiger partial charge in [-0.15, -0.1) is 0 Å². The highest BCUT2D eigenvalue weighted by molar-refractivity contribution is 5.84. The summed E-state index contributed by atoms with van der Waals surface area (Å²) in [6, 6.07) is 0. The third kappa shape index (κ3) is 2.49. The summed E-state index contributed by atoms with van der Waals surface area (Å²) in [5, 5.41) is 0. The first-order chi connectivity index (χ1) is 6.85. The monoisotopic (exact) mass is 225 g/mol. The molecule has 0 unspecified atom stereocenters. The van der Waals surface area contributed by atoms with E-state index in [4.69, 9.17) is 0 Å². The average Bonchev–Trinajstić information content (AvgIpc) is 2.17. The maximum absolute atomic E-state index is 12.7. The van der Waals surface area contributed by atoms with Crippen LogP contribution in [-0.4, -0.2) is 36.2 Å². The molecule has 0 atom stereocenters. The third-order valence-electron chi connectivity index (χ3n) is 2.28. The molecule has 1 aliphatic rings. The molecule has 1 heterocycles. The fraction of sp³-hybridized carbons (Fsp3) is 0.667. The molecule has 0 aliphatic carbocycles. The summed E-state index contributed by atoms with van der Waals surface area (Å²) in [6.45, 7) is 1.85. The Kier molecular flexibility index (Phi) is 3.36. The summed E-state index contributed by atoms with van der Waals surface area (Å²) < 4.78 is 49.1. The summed E-state index contributed by atoms with van der Waals surface area (Å²) in [5.74, 6) is -6.36. The normalized spacial score (nSPS) is 18.0. The summed E-state index contributed by atoms with van der Waals surface area (Å²) in [6.07, 6.45) is -1.91. The quantitative estimate of drug-likeness (QED) is 0.520. The van der Waals surface area contributed by atoms with Gasteiger partial charge in [-0.2, -0.15) is 8.78 Å². The Morgan fingerprint density at radius 3 is 2.53 bits per heavy atom. The maximum atomic E-state index is 12.7. The van der Waals surface area contributed by atoms with E-state index >= 15 is 0 Å². The van der Waals surface area contributed by atoms with Crippen molar-refractivity contribution >= 4 is 5.91 Å². The molecule has 0 spiro atoms. The van der Waals surface area contributed by atoms with E-state index in [9.17, 15) is 22.4 Å². The fourth-order valence-electron chi connectivity index (χ4n) is 1.26. The van der Waals surface area contributed by atoms with Gasteiger partial charge in [0.05, 0.1) is 0 Å². The topological polar surface area (TPSA) is 20.3 Å². The van der Waals surface area contributed by atoms with Gasteiger partial charge >= 0.3 is 12.3 Å². The molecule has 0 saturated carbocycles. The Labute approximate surface area is 84.5 Å². The van der Waals surface area contributed by atoms with Crippen LogP contribution >= 0.6 is 0 Å². The second-order valence-corrected chi connectivity index (χ2v) is 3.48. The number of amides is 1. The lowest BCUT2D eigenvalue weighted by Gasteiger charge is -2.28. The standard InChI is InChI=1S/C9H11F4NO/c1-6-2-4-14(5-3-6)8(15)9(12,13)7(10)11/h2,7H,3-5H2,1H3. The second kappa shape index (κ2) is 4.20. The smallest absolute Gasteiger partial charge is 0.333 e. The van der Waals surface area contributed by atoms with Crippen LogP contribution < -0.4 is 0 Å². The highest BCUT2D eigenvalue weighted by atomic mass is 19.3. The number of carbonyl (C=O) groups excluding carboxylic acids is 1. The highest BCUT2D eigenvalue weighted by Crippen LogP contribution is 2.26. The summed E-state index contributed by atoms with van der Waals surface area (Å²) >= 11 is 0. The van der Waals surface area contributed by atoms with Gasteiger partial charge in [0.15, 0.2) is 0 Å². The SMILES string of the molecule is CC1=CCN(C(=O)C(F)(F)C(F)F)CC1. The van der Waals surface area contributed by atoms with Crippen molar-refractivity contribution in [2.45, 2.75) is 25.7 Å². The molecule has 1 aliphatic heterocycles. The summed E-state index contributed by atoms with van der Waals surface area (Å²) in [7, 11) is 0. The molecule has 0 aromatic heterocycles. The van der Waals surface area contributed by atoms with Crippen molar-refractivity contribution in [3.63, 3.8) is 0 Å². The molecule has 2 nitrogen and oxygen atoms in total. The van der Waals surface area contributed by atoms with Crippen LogP contribution in [-0.2, 0) is 4.79 Å². The lowest BCUT2D eigenvalue weighted by molar-refractivity contribution is -0.180. The Balaban J connectivity index is 2.70. The Morgan fingerprint density at radius 1 is 1.53 bits per heavy atom. The van der Waals surface area contributed by atoms with Crippen LogP contribution in [0.1, 0.15) is 13.3 Å². The molecule has 15 heavy (non-hydrogen) atoms. The van der Waals surface area contributed by atoms with Crippen molar-refractivity contribution in [2.24, 2.45) is 0 Å². The lowest BCUT2D eigenvalue weighted by atomic mass is 10.1. The van der Waals surface area contributed by atoms with Crippen LogP contribution in [0.5, 0.6) is 0 Å². The zero-order valence-electron chi connectivity index (χ0n) is 8.14. The molecule has 1 amide bonds. The number of nitrogens with zero attached hydrogens (tertiary/aromatic N) is 1. The van der Waals surface area contributed by atoms with Crippen molar-refractivity contribution in [2.75, 3.05) is 13.1 Å². The first-order valence-electron chi connectivity index (χ1n) is 4.46. The van der Waals surface area contributed by atoms with Crippen LogP contribution in [0.4, 0.5) is 17.6 Å². The van der Waals surface area contributed by atoms with Crippen LogP contribution in [0.2, 0.25) is 0 Å². The number of hydrogen-bond donors (Lipinski definition) is 0. The van der Waals surface area contributed by atoms with E-state index in [-0.39, 0.29) is 13.1 Å². The predicted octanol–water partition coefficient (Wildman–Crippen LogP) is 2.07. The van der Waals surface area contributed by atoms with Crippen LogP contribution in [0.3, 0.4) is 0 Å². The van der Waals surface area contributed by atoms with E-state index in [1.165, 1.54) is 0 Å². The second-order valence-electron chi connectivity index (χ2n) is 3.48. The predicted molar refractivity (Wildman–Crippen MR) is 45.9 cm³/mol. The van der Waals surface area contributed by atoms with E-state index in [1.54, 1.807) is 13.0 Å². The molecule has 0 saturated heterocycles. The molecule has 0 N–H and O–H groups in total. The van der Waals surface area contributed by atoms with E-state index in [2.05, 4.69) is 0 Å². The van der Waals surface area contributed by atoms with E-state index in [0.717, 1.165) is 10.5 Å². The molecule has 0 bridgehead atoms. The molecular weight excluding hydrogens is 214 g/mol. The van der Waals surface area contributed by atoms with Gasteiger partial charge in [-0.3, -0.25) is 4.79 Å². The van der Waals surface area contributed by atoms with E-state index < -0.39 is 18.3 Å². The van der Waals surface area contributed by atoms with Crippen molar-refractivity contribution in [3.05, 3.63) is 11.6 Å². The minimum Gasteiger partial charge on any atom is -0.333 e. The number of rotatable bonds is 2. The molecule has 0 aromatic rings. The third-order valence-corrected chi connectivity index (χ3v) is 2.28. The van der Waals surface area contributed by atoms with Crippen LogP contribution in [0, 0.1) is 0 Å². The van der Waals surface area contributed by atoms with E-state index in [0.29, 0.717) is 6.42 Å². The number of hydrogen-bond acceptors (Lipinski definition) is 1. The van der Waals surface area contributed by atoms with Crippen molar-refractivity contribution in [3.8, 4) is 0 Å². The van der Waals surface area contributed by atoms with Gasteiger partial charge in [0.1, 0.15) is 0 Å². The fourth-order valence-corrected chi connectivity index (χ4v) is 1.26. The Bertz CT molecular complexity index is 288. The van der Waals surface area contributed by atoms with Crippen molar-refractivity contribution in [1.82, 2.24) is 4.90 Å². The highest BCUT2D eigenvalue weighted by Gasteiger charge is 2.51. The minimum absolute atomic E-state index is 0.0209. The van der Waals surface area contributed by atoms with Gasteiger partial charge in [0.2, 0.25) is 0 Å². The lowest BCUT2D eigenvalue weighted by Crippen LogP contribution is -2.49. The molecule has 6 heteroatoms. The van der Waals surface area contributed by atoms with Crippen LogP contribution in [0.15, 0.2) is 11.6 Å². The molecular formula is C9H11F4NO. The van der Waals surface area contributed by atoms with Gasteiger partial charge in [-0.1, -0.05) is 11.6 Å². The van der Waals surface area contributed by atoms with Crippen molar-refractivity contribution < 1.29 is 22.4 Å². The van der Waals surface area contributed by atoms with Crippen molar-refractivity contribution in [1.29, 1.82) is 0 Å². The zero-order chi connectivity index (χ0) is 11.6. The maximum Gasteiger partial charge on any atom is 0.383 e. The number of alkyl halides is 4. The average molecular weight is 225 g/mol. The number of halogens is 4. The van der Waals surface area contributed by atoms with Gasteiger partial charge < -0.3 is 4.90 Å². The first kappa shape index (κ1) is 12.0. The first-order valence-corrected chi connectivity index (χ1v) is 4.46. The number of carbonyl (C=O) groups is 1. The van der Waals surface area contributed by atoms with Gasteiger partial charge in [0, 0.05) is 13.1 Å². The van der Waals surface area contributed by atoms with Crippen LogP contribution in [0.25, 0.3) is 0 Å². The summed E-state index contributed by atoms with van der Waals surface area (Å²) in [4.78, 5) is 11.8. The minimum atomic E-state index is -4.57.